The molecule has 0 aromatic heterocycles. The first-order chi connectivity index (χ1) is 7.02. The lowest BCUT2D eigenvalue weighted by Gasteiger charge is -2.18. The number of aliphatic carboxylic acids is 1. The van der Waals surface area contributed by atoms with Crippen LogP contribution in [0.4, 0.5) is 0 Å². The highest BCUT2D eigenvalue weighted by molar-refractivity contribution is 5.67. The summed E-state index contributed by atoms with van der Waals surface area (Å²) in [6, 6.07) is 7.02. The zero-order valence-electron chi connectivity index (χ0n) is 8.42. The van der Waals surface area contributed by atoms with Gasteiger partial charge < -0.3 is 15.3 Å². The van der Waals surface area contributed by atoms with Crippen molar-refractivity contribution in [3.63, 3.8) is 0 Å². The number of carboxylic acids is 1. The van der Waals surface area contributed by atoms with Crippen molar-refractivity contribution in [2.24, 2.45) is 0 Å². The predicted octanol–water partition coefficient (Wildman–Crippen LogP) is 0.864. The molecule has 2 atom stereocenters. The normalized spacial score (nSPS) is 14.6. The van der Waals surface area contributed by atoms with Crippen molar-refractivity contribution in [1.82, 2.24) is 0 Å². The predicted molar refractivity (Wildman–Crippen MR) is 54.4 cm³/mol. The summed E-state index contributed by atoms with van der Waals surface area (Å²) in [5.41, 5.74) is 1.39. The Balaban J connectivity index is 2.80. The monoisotopic (exact) mass is 210 g/mol. The standard InChI is InChI=1S/C11H14O4/c1-7-4-2-3-5-8(7)11(15)9(12)6-10(13)14/h2-5,9,11-12,15H,6H2,1H3,(H,13,14). The third-order valence-electron chi connectivity index (χ3n) is 2.26. The van der Waals surface area contributed by atoms with Crippen LogP contribution in [-0.4, -0.2) is 27.4 Å². The summed E-state index contributed by atoms with van der Waals surface area (Å²) in [7, 11) is 0. The topological polar surface area (TPSA) is 77.8 Å². The summed E-state index contributed by atoms with van der Waals surface area (Å²) in [6.45, 7) is 1.80. The van der Waals surface area contributed by atoms with Crippen LogP contribution < -0.4 is 0 Å². The van der Waals surface area contributed by atoms with Gasteiger partial charge in [0, 0.05) is 0 Å². The lowest BCUT2D eigenvalue weighted by molar-refractivity contribution is -0.141. The summed E-state index contributed by atoms with van der Waals surface area (Å²) in [4.78, 5) is 10.4. The Labute approximate surface area is 87.8 Å². The second-order valence-corrected chi connectivity index (χ2v) is 3.47. The molecule has 1 aromatic rings. The van der Waals surface area contributed by atoms with Crippen LogP contribution in [0.2, 0.25) is 0 Å². The molecule has 0 aliphatic rings. The highest BCUT2D eigenvalue weighted by Crippen LogP contribution is 2.21. The number of aliphatic hydroxyl groups is 2. The largest absolute Gasteiger partial charge is 0.481 e. The first kappa shape index (κ1) is 11.7. The van der Waals surface area contributed by atoms with Crippen molar-refractivity contribution in [2.75, 3.05) is 0 Å². The van der Waals surface area contributed by atoms with Gasteiger partial charge in [-0.2, -0.15) is 0 Å². The van der Waals surface area contributed by atoms with Gasteiger partial charge in [0.25, 0.3) is 0 Å². The molecule has 0 saturated heterocycles. The molecule has 0 aliphatic carbocycles. The molecule has 0 saturated carbocycles. The van der Waals surface area contributed by atoms with E-state index in [2.05, 4.69) is 0 Å². The number of carboxylic acid groups (broad SMARTS) is 1. The first-order valence-electron chi connectivity index (χ1n) is 4.66. The van der Waals surface area contributed by atoms with Crippen LogP contribution in [0.5, 0.6) is 0 Å². The Morgan fingerprint density at radius 3 is 2.47 bits per heavy atom. The average molecular weight is 210 g/mol. The van der Waals surface area contributed by atoms with Gasteiger partial charge >= 0.3 is 5.97 Å². The molecule has 15 heavy (non-hydrogen) atoms. The second-order valence-electron chi connectivity index (χ2n) is 3.47. The molecule has 0 heterocycles. The summed E-state index contributed by atoms with van der Waals surface area (Å²) < 4.78 is 0. The van der Waals surface area contributed by atoms with Crippen LogP contribution in [0.15, 0.2) is 24.3 Å². The molecule has 0 bridgehead atoms. The van der Waals surface area contributed by atoms with E-state index in [-0.39, 0.29) is 0 Å². The first-order valence-corrected chi connectivity index (χ1v) is 4.66. The lowest BCUT2D eigenvalue weighted by atomic mass is 9.98. The van der Waals surface area contributed by atoms with Gasteiger partial charge in [-0.1, -0.05) is 24.3 Å². The Hall–Kier alpha value is -1.39. The number of rotatable bonds is 4. The SMILES string of the molecule is Cc1ccccc1C(O)C(O)CC(=O)O. The molecule has 0 amide bonds. The molecule has 0 radical (unpaired) electrons. The smallest absolute Gasteiger partial charge is 0.306 e. The Morgan fingerprint density at radius 1 is 1.33 bits per heavy atom. The lowest BCUT2D eigenvalue weighted by Crippen LogP contribution is -2.22. The van der Waals surface area contributed by atoms with Crippen molar-refractivity contribution < 1.29 is 20.1 Å². The molecule has 82 valence electrons. The van der Waals surface area contributed by atoms with Crippen LogP contribution >= 0.6 is 0 Å². The van der Waals surface area contributed by atoms with Crippen LogP contribution in [0.25, 0.3) is 0 Å². The summed E-state index contributed by atoms with van der Waals surface area (Å²) in [5.74, 6) is -1.13. The van der Waals surface area contributed by atoms with Gasteiger partial charge in [-0.25, -0.2) is 0 Å². The van der Waals surface area contributed by atoms with Crippen LogP contribution in [0.3, 0.4) is 0 Å². The molecule has 1 rings (SSSR count). The van der Waals surface area contributed by atoms with Crippen LogP contribution in [-0.2, 0) is 4.79 Å². The molecular formula is C11H14O4. The van der Waals surface area contributed by atoms with E-state index in [0.717, 1.165) is 5.56 Å². The minimum atomic E-state index is -1.27. The van der Waals surface area contributed by atoms with E-state index in [1.165, 1.54) is 0 Å². The zero-order valence-corrected chi connectivity index (χ0v) is 8.42. The fraction of sp³-hybridized carbons (Fsp3) is 0.364. The van der Waals surface area contributed by atoms with Gasteiger partial charge in [-0.15, -0.1) is 0 Å². The van der Waals surface area contributed by atoms with Crippen LogP contribution in [0, 0.1) is 6.92 Å². The third-order valence-corrected chi connectivity index (χ3v) is 2.26. The van der Waals surface area contributed by atoms with Crippen molar-refractivity contribution in [3.05, 3.63) is 35.4 Å². The molecule has 1 aromatic carbocycles. The van der Waals surface area contributed by atoms with Crippen LogP contribution in [0.1, 0.15) is 23.7 Å². The highest BCUT2D eigenvalue weighted by Gasteiger charge is 2.21. The van der Waals surface area contributed by atoms with Gasteiger partial charge in [0.2, 0.25) is 0 Å². The number of carbonyl (C=O) groups is 1. The van der Waals surface area contributed by atoms with Gasteiger partial charge in [0.15, 0.2) is 0 Å². The highest BCUT2D eigenvalue weighted by atomic mass is 16.4. The quantitative estimate of drug-likeness (QED) is 0.689. The number of hydrogen-bond donors (Lipinski definition) is 3. The Kier molecular flexibility index (Phi) is 3.82. The zero-order chi connectivity index (χ0) is 11.4. The van der Waals surface area contributed by atoms with Crippen molar-refractivity contribution in [2.45, 2.75) is 25.6 Å². The minimum absolute atomic E-state index is 0.463. The minimum Gasteiger partial charge on any atom is -0.481 e. The van der Waals surface area contributed by atoms with E-state index in [1.54, 1.807) is 25.1 Å². The van der Waals surface area contributed by atoms with E-state index in [0.29, 0.717) is 5.56 Å². The molecule has 4 nitrogen and oxygen atoms in total. The summed E-state index contributed by atoms with van der Waals surface area (Å²) in [6.07, 6.45) is -2.89. The fourth-order valence-electron chi connectivity index (χ4n) is 1.42. The summed E-state index contributed by atoms with van der Waals surface area (Å²) >= 11 is 0. The molecular weight excluding hydrogens is 196 g/mol. The van der Waals surface area contributed by atoms with E-state index in [1.807, 2.05) is 6.07 Å². The Morgan fingerprint density at radius 2 is 1.93 bits per heavy atom. The maximum Gasteiger partial charge on any atom is 0.306 e. The van der Waals surface area contributed by atoms with Crippen molar-refractivity contribution in [3.8, 4) is 0 Å². The van der Waals surface area contributed by atoms with E-state index in [4.69, 9.17) is 5.11 Å². The third kappa shape index (κ3) is 3.04. The van der Waals surface area contributed by atoms with Gasteiger partial charge in [0.05, 0.1) is 12.5 Å². The number of aryl methyl sites for hydroxylation is 1. The molecule has 2 unspecified atom stereocenters. The molecule has 3 N–H and O–H groups in total. The molecule has 0 aliphatic heterocycles. The molecule has 4 heteroatoms. The number of benzene rings is 1. The second kappa shape index (κ2) is 4.91. The Bertz CT molecular complexity index is 348. The van der Waals surface area contributed by atoms with Gasteiger partial charge in [-0.05, 0) is 18.1 Å². The molecule has 0 fully saturated rings. The van der Waals surface area contributed by atoms with Gasteiger partial charge in [-0.3, -0.25) is 4.79 Å². The fourth-order valence-corrected chi connectivity index (χ4v) is 1.42. The maximum atomic E-state index is 10.4. The molecule has 0 spiro atoms. The van der Waals surface area contributed by atoms with Crippen molar-refractivity contribution in [1.29, 1.82) is 0 Å². The van der Waals surface area contributed by atoms with E-state index < -0.39 is 24.6 Å². The average Bonchev–Trinajstić information content (AvgIpc) is 2.16. The van der Waals surface area contributed by atoms with Crippen molar-refractivity contribution >= 4 is 5.97 Å². The van der Waals surface area contributed by atoms with Gasteiger partial charge in [0.1, 0.15) is 6.10 Å². The maximum absolute atomic E-state index is 10.4. The number of hydrogen-bond acceptors (Lipinski definition) is 3. The van der Waals surface area contributed by atoms with E-state index in [9.17, 15) is 15.0 Å². The summed E-state index contributed by atoms with van der Waals surface area (Å²) in [5, 5.41) is 27.6. The number of aliphatic hydroxyl groups excluding tert-OH is 2. The van der Waals surface area contributed by atoms with E-state index >= 15 is 0 Å².